The first-order valence-electron chi connectivity index (χ1n) is 9.90. The fourth-order valence-corrected chi connectivity index (χ4v) is 2.99. The molecule has 36 heavy (non-hydrogen) atoms. The van der Waals surface area contributed by atoms with Crippen molar-refractivity contribution in [1.29, 1.82) is 0 Å². The topological polar surface area (TPSA) is 142 Å². The van der Waals surface area contributed by atoms with Gasteiger partial charge in [0.15, 0.2) is 12.0 Å². The highest BCUT2D eigenvalue weighted by Crippen LogP contribution is 2.25. The number of aliphatic carboxylic acids is 1. The maximum absolute atomic E-state index is 12.8. The third-order valence-electron chi connectivity index (χ3n) is 4.77. The summed E-state index contributed by atoms with van der Waals surface area (Å²) in [7, 11) is 0. The summed E-state index contributed by atoms with van der Waals surface area (Å²) in [5.41, 5.74) is 8.24. The van der Waals surface area contributed by atoms with Crippen molar-refractivity contribution in [2.75, 3.05) is 6.54 Å². The fourth-order valence-electron chi connectivity index (χ4n) is 2.99. The van der Waals surface area contributed by atoms with Crippen LogP contribution in [0.1, 0.15) is 5.56 Å². The van der Waals surface area contributed by atoms with Crippen LogP contribution in [0.15, 0.2) is 64.0 Å². The van der Waals surface area contributed by atoms with Crippen LogP contribution in [0.3, 0.4) is 0 Å². The van der Waals surface area contributed by atoms with Crippen molar-refractivity contribution in [3.63, 3.8) is 0 Å². The number of aromatic nitrogens is 5. The number of benzene rings is 1. The molecule has 15 heteroatoms. The Balaban J connectivity index is 0.000000454. The van der Waals surface area contributed by atoms with E-state index < -0.39 is 23.9 Å². The highest BCUT2D eigenvalue weighted by atomic mass is 19.4. The molecule has 0 spiro atoms. The van der Waals surface area contributed by atoms with Crippen LogP contribution in [0, 0.1) is 6.92 Å². The van der Waals surface area contributed by atoms with E-state index in [2.05, 4.69) is 15.1 Å². The second-order valence-electron chi connectivity index (χ2n) is 7.21. The number of oxazole rings is 1. The highest BCUT2D eigenvalue weighted by Gasteiger charge is 2.38. The van der Waals surface area contributed by atoms with Crippen molar-refractivity contribution in [2.45, 2.75) is 19.6 Å². The average Bonchev–Trinajstić information content (AvgIpc) is 3.43. The number of carboxylic acids is 1. The monoisotopic (exact) mass is 512 g/mol. The number of pyridine rings is 1. The minimum atomic E-state index is -5.08. The van der Waals surface area contributed by atoms with Gasteiger partial charge < -0.3 is 15.3 Å². The zero-order chi connectivity index (χ0) is 26.6. The number of rotatable bonds is 5. The Bertz CT molecular complexity index is 1480. The lowest BCUT2D eigenvalue weighted by molar-refractivity contribution is -0.192. The molecular weight excluding hydrogens is 495 g/mol. The van der Waals surface area contributed by atoms with E-state index in [1.807, 2.05) is 24.3 Å². The Labute approximate surface area is 198 Å². The maximum Gasteiger partial charge on any atom is 0.490 e. The van der Waals surface area contributed by atoms with Crippen LogP contribution in [-0.2, 0) is 11.3 Å². The number of nitrogens with zero attached hydrogens (tertiary/aromatic N) is 5. The fraction of sp³-hybridized carbons (Fsp3) is 0.190. The molecule has 0 unspecified atom stereocenters. The Morgan fingerprint density at radius 2 is 1.86 bits per heavy atom. The van der Waals surface area contributed by atoms with E-state index in [4.69, 9.17) is 20.1 Å². The number of carboxylic acid groups (broad SMARTS) is 1. The van der Waals surface area contributed by atoms with E-state index in [1.165, 1.54) is 17.3 Å². The van der Waals surface area contributed by atoms with E-state index in [0.29, 0.717) is 11.4 Å². The third-order valence-corrected chi connectivity index (χ3v) is 4.77. The quantitative estimate of drug-likeness (QED) is 0.388. The van der Waals surface area contributed by atoms with Gasteiger partial charge in [-0.05, 0) is 36.2 Å². The van der Waals surface area contributed by atoms with Gasteiger partial charge in [-0.1, -0.05) is 6.07 Å². The Morgan fingerprint density at radius 3 is 2.44 bits per heavy atom. The first kappa shape index (κ1) is 26.2. The van der Waals surface area contributed by atoms with Gasteiger partial charge in [-0.3, -0.25) is 0 Å². The average molecular weight is 512 g/mol. The Hall–Kier alpha value is -4.40. The molecule has 0 bridgehead atoms. The largest absolute Gasteiger partial charge is 0.490 e. The van der Waals surface area contributed by atoms with E-state index >= 15 is 0 Å². The number of hydrogen-bond acceptors (Lipinski definition) is 7. The second kappa shape index (κ2) is 10.5. The van der Waals surface area contributed by atoms with E-state index in [-0.39, 0.29) is 18.7 Å². The van der Waals surface area contributed by atoms with Gasteiger partial charge in [0.1, 0.15) is 17.7 Å². The molecule has 0 saturated heterocycles. The smallest absolute Gasteiger partial charge is 0.475 e. The predicted molar refractivity (Wildman–Crippen MR) is 115 cm³/mol. The van der Waals surface area contributed by atoms with Gasteiger partial charge in [0.05, 0.1) is 6.54 Å². The minimum Gasteiger partial charge on any atom is -0.475 e. The SMILES string of the molecule is Cc1cc(-c2ccc3ocnc3c2)cnc1-n1cnn(CC(CN)=C(F)F)c1=O.O=C(O)C(F)(F)F. The first-order chi connectivity index (χ1) is 16.9. The highest BCUT2D eigenvalue weighted by molar-refractivity contribution is 5.80. The molecular formula is C21H17F5N6O4. The molecule has 10 nitrogen and oxygen atoms in total. The summed E-state index contributed by atoms with van der Waals surface area (Å²) in [6, 6.07) is 7.47. The summed E-state index contributed by atoms with van der Waals surface area (Å²) in [5, 5.41) is 11.0. The molecule has 1 aromatic carbocycles. The van der Waals surface area contributed by atoms with Crippen LogP contribution in [0.4, 0.5) is 22.0 Å². The molecule has 4 aromatic rings. The van der Waals surface area contributed by atoms with Gasteiger partial charge in [0.2, 0.25) is 0 Å². The Morgan fingerprint density at radius 1 is 1.17 bits per heavy atom. The summed E-state index contributed by atoms with van der Waals surface area (Å²) < 4.78 is 64.8. The summed E-state index contributed by atoms with van der Waals surface area (Å²) in [5.74, 6) is -2.39. The predicted octanol–water partition coefficient (Wildman–Crippen LogP) is 3.29. The van der Waals surface area contributed by atoms with Gasteiger partial charge in [-0.25, -0.2) is 28.8 Å². The van der Waals surface area contributed by atoms with Crippen molar-refractivity contribution >= 4 is 17.1 Å². The number of hydrogen-bond donors (Lipinski definition) is 2. The Kier molecular flexibility index (Phi) is 7.62. The van der Waals surface area contributed by atoms with Crippen LogP contribution in [0.2, 0.25) is 0 Å². The molecule has 3 heterocycles. The molecule has 0 aliphatic rings. The molecule has 0 atom stereocenters. The number of carbonyl (C=O) groups is 1. The van der Waals surface area contributed by atoms with Crippen molar-refractivity contribution in [1.82, 2.24) is 24.3 Å². The molecule has 0 radical (unpaired) electrons. The molecule has 3 N–H and O–H groups in total. The van der Waals surface area contributed by atoms with Gasteiger partial charge in [0.25, 0.3) is 6.08 Å². The summed E-state index contributed by atoms with van der Waals surface area (Å²) in [6.45, 7) is 1.07. The molecule has 0 aliphatic carbocycles. The van der Waals surface area contributed by atoms with Gasteiger partial charge >= 0.3 is 17.8 Å². The number of nitrogens with two attached hydrogens (primary N) is 1. The molecule has 3 aromatic heterocycles. The molecule has 4 rings (SSSR count). The minimum absolute atomic E-state index is 0.347. The number of aryl methyl sites for hydroxylation is 1. The summed E-state index contributed by atoms with van der Waals surface area (Å²) in [6.07, 6.45) is -2.73. The van der Waals surface area contributed by atoms with Gasteiger partial charge in [-0.15, -0.1) is 0 Å². The molecule has 0 saturated carbocycles. The van der Waals surface area contributed by atoms with Crippen LogP contribution >= 0.6 is 0 Å². The maximum atomic E-state index is 12.8. The third kappa shape index (κ3) is 5.80. The van der Waals surface area contributed by atoms with E-state index in [9.17, 15) is 26.7 Å². The first-order valence-corrected chi connectivity index (χ1v) is 9.90. The van der Waals surface area contributed by atoms with Crippen molar-refractivity contribution < 1.29 is 36.3 Å². The van der Waals surface area contributed by atoms with Crippen molar-refractivity contribution in [2.24, 2.45) is 5.73 Å². The molecule has 0 amide bonds. The summed E-state index contributed by atoms with van der Waals surface area (Å²) in [4.78, 5) is 30.0. The number of halogens is 5. The molecule has 190 valence electrons. The lowest BCUT2D eigenvalue weighted by atomic mass is 10.1. The van der Waals surface area contributed by atoms with Crippen molar-refractivity contribution in [3.05, 3.63) is 70.9 Å². The van der Waals surface area contributed by atoms with E-state index in [1.54, 1.807) is 13.1 Å². The standard InChI is InChI=1S/C19H16F2N6O2.C2HF3O2/c1-11-4-13(12-2-3-16-15(5-12)24-10-29-16)7-23-18(11)26-9-25-27(19(26)28)8-14(6-22)17(20)21;3-2(4,5)1(6)7/h2-5,7,9-10H,6,8,22H2,1H3;(H,6,7). The van der Waals surface area contributed by atoms with Crippen LogP contribution in [0.5, 0.6) is 0 Å². The summed E-state index contributed by atoms with van der Waals surface area (Å²) >= 11 is 0. The van der Waals surface area contributed by atoms with Crippen LogP contribution in [-0.4, -0.2) is 48.1 Å². The normalized spacial score (nSPS) is 11.2. The number of alkyl halides is 3. The second-order valence-corrected chi connectivity index (χ2v) is 7.21. The zero-order valence-corrected chi connectivity index (χ0v) is 18.3. The van der Waals surface area contributed by atoms with Crippen LogP contribution in [0.25, 0.3) is 28.0 Å². The van der Waals surface area contributed by atoms with E-state index in [0.717, 1.165) is 26.9 Å². The van der Waals surface area contributed by atoms with Gasteiger partial charge in [-0.2, -0.15) is 27.1 Å². The van der Waals surface area contributed by atoms with Gasteiger partial charge in [0, 0.05) is 23.9 Å². The number of fused-ring (bicyclic) bond motifs is 1. The van der Waals surface area contributed by atoms with Crippen molar-refractivity contribution in [3.8, 4) is 16.9 Å². The lowest BCUT2D eigenvalue weighted by Crippen LogP contribution is -2.27. The molecule has 0 aliphatic heterocycles. The van der Waals surface area contributed by atoms with Crippen LogP contribution < -0.4 is 11.4 Å². The molecule has 0 fully saturated rings. The zero-order valence-electron chi connectivity index (χ0n) is 18.3. The lowest BCUT2D eigenvalue weighted by Gasteiger charge is -2.08.